The predicted octanol–water partition coefficient (Wildman–Crippen LogP) is 3.27. The number of aryl methyl sites for hydroxylation is 1. The molecule has 0 aromatic heterocycles. The topological polar surface area (TPSA) is 21.3 Å². The van der Waals surface area contributed by atoms with E-state index in [9.17, 15) is 0 Å². The maximum absolute atomic E-state index is 5.25. The zero-order chi connectivity index (χ0) is 11.4. The van der Waals surface area contributed by atoms with Crippen LogP contribution in [0, 0.1) is 6.92 Å². The Labute approximate surface area is 96.6 Å². The second-order valence-electron chi connectivity index (χ2n) is 4.02. The van der Waals surface area contributed by atoms with Gasteiger partial charge in [0, 0.05) is 18.5 Å². The third-order valence-electron chi connectivity index (χ3n) is 2.70. The zero-order valence-corrected chi connectivity index (χ0v) is 9.73. The molecule has 0 saturated carbocycles. The third-order valence-corrected chi connectivity index (χ3v) is 2.70. The van der Waals surface area contributed by atoms with Crippen molar-refractivity contribution >= 4 is 5.69 Å². The Bertz CT molecular complexity index is 403. The average Bonchev–Trinajstić information content (AvgIpc) is 2.33. The first-order chi connectivity index (χ1) is 7.78. The SMILES string of the molecule is COC1C=CC(Nc2ccc(C)cc2)=CC1. The van der Waals surface area contributed by atoms with Gasteiger partial charge in [0.15, 0.2) is 0 Å². The van der Waals surface area contributed by atoms with Crippen LogP contribution in [0.15, 0.2) is 48.2 Å². The molecule has 0 heterocycles. The summed E-state index contributed by atoms with van der Waals surface area (Å²) in [7, 11) is 1.74. The largest absolute Gasteiger partial charge is 0.377 e. The number of nitrogens with one attached hydrogen (secondary N) is 1. The third kappa shape index (κ3) is 2.74. The molecule has 84 valence electrons. The Kier molecular flexibility index (Phi) is 3.42. The number of methoxy groups -OCH3 is 1. The first-order valence-corrected chi connectivity index (χ1v) is 5.53. The van der Waals surface area contributed by atoms with Crippen LogP contribution in [0.5, 0.6) is 0 Å². The molecule has 0 saturated heterocycles. The standard InChI is InChI=1S/C14H17NO/c1-11-3-5-12(6-4-11)15-13-7-9-14(16-2)10-8-13/h3-9,14-15H,10H2,1-2H3. The number of hydrogen-bond donors (Lipinski definition) is 1. The van der Waals surface area contributed by atoms with Crippen molar-refractivity contribution in [2.45, 2.75) is 19.4 Å². The van der Waals surface area contributed by atoms with Gasteiger partial charge in [0.2, 0.25) is 0 Å². The quantitative estimate of drug-likeness (QED) is 0.835. The molecule has 0 spiro atoms. The molecule has 2 heteroatoms. The molecule has 1 aromatic rings. The Morgan fingerprint density at radius 2 is 2.00 bits per heavy atom. The summed E-state index contributed by atoms with van der Waals surface area (Å²) in [5.41, 5.74) is 3.53. The number of allylic oxidation sites excluding steroid dienone is 1. The Hall–Kier alpha value is -1.54. The van der Waals surface area contributed by atoms with Crippen LogP contribution in [0.25, 0.3) is 0 Å². The van der Waals surface area contributed by atoms with Gasteiger partial charge in [0.25, 0.3) is 0 Å². The highest BCUT2D eigenvalue weighted by molar-refractivity contribution is 5.52. The number of rotatable bonds is 3. The predicted molar refractivity (Wildman–Crippen MR) is 67.4 cm³/mol. The maximum atomic E-state index is 5.25. The van der Waals surface area contributed by atoms with Gasteiger partial charge in [-0.1, -0.05) is 29.8 Å². The Balaban J connectivity index is 1.99. The van der Waals surface area contributed by atoms with E-state index in [0.29, 0.717) is 0 Å². The molecule has 1 aromatic carbocycles. The minimum Gasteiger partial charge on any atom is -0.377 e. The molecule has 2 rings (SSSR count). The van der Waals surface area contributed by atoms with E-state index in [4.69, 9.17) is 4.74 Å². The molecule has 1 aliphatic carbocycles. The van der Waals surface area contributed by atoms with Crippen LogP contribution in [0.4, 0.5) is 5.69 Å². The fraction of sp³-hybridized carbons (Fsp3) is 0.286. The lowest BCUT2D eigenvalue weighted by Crippen LogP contribution is -2.11. The van der Waals surface area contributed by atoms with E-state index in [2.05, 4.69) is 54.7 Å². The number of benzene rings is 1. The van der Waals surface area contributed by atoms with Gasteiger partial charge in [-0.25, -0.2) is 0 Å². The van der Waals surface area contributed by atoms with Crippen LogP contribution in [0.1, 0.15) is 12.0 Å². The lowest BCUT2D eigenvalue weighted by Gasteiger charge is -2.16. The van der Waals surface area contributed by atoms with Crippen LogP contribution in [-0.2, 0) is 4.74 Å². The molecular formula is C14H17NO. The fourth-order valence-electron chi connectivity index (χ4n) is 1.67. The highest BCUT2D eigenvalue weighted by atomic mass is 16.5. The van der Waals surface area contributed by atoms with Crippen molar-refractivity contribution in [2.75, 3.05) is 12.4 Å². The van der Waals surface area contributed by atoms with Gasteiger partial charge in [-0.3, -0.25) is 0 Å². The minimum atomic E-state index is 0.226. The van der Waals surface area contributed by atoms with E-state index in [1.54, 1.807) is 7.11 Å². The van der Waals surface area contributed by atoms with Gasteiger partial charge in [-0.15, -0.1) is 0 Å². The number of anilines is 1. The maximum Gasteiger partial charge on any atom is 0.0791 e. The first kappa shape index (κ1) is 11.0. The fourth-order valence-corrected chi connectivity index (χ4v) is 1.67. The summed E-state index contributed by atoms with van der Waals surface area (Å²) in [6, 6.07) is 8.39. The molecule has 0 radical (unpaired) electrons. The molecule has 1 atom stereocenters. The van der Waals surface area contributed by atoms with Crippen LogP contribution in [-0.4, -0.2) is 13.2 Å². The molecule has 2 nitrogen and oxygen atoms in total. The molecule has 0 aliphatic heterocycles. The molecular weight excluding hydrogens is 198 g/mol. The molecule has 0 amide bonds. The summed E-state index contributed by atoms with van der Waals surface area (Å²) in [6.45, 7) is 2.09. The lowest BCUT2D eigenvalue weighted by molar-refractivity contribution is 0.142. The lowest BCUT2D eigenvalue weighted by atomic mass is 10.1. The first-order valence-electron chi connectivity index (χ1n) is 5.53. The van der Waals surface area contributed by atoms with Crippen molar-refractivity contribution in [3.63, 3.8) is 0 Å². The van der Waals surface area contributed by atoms with Gasteiger partial charge in [-0.2, -0.15) is 0 Å². The van der Waals surface area contributed by atoms with Gasteiger partial charge in [0.05, 0.1) is 6.10 Å². The smallest absolute Gasteiger partial charge is 0.0791 e. The molecule has 1 aliphatic rings. The summed E-state index contributed by atoms with van der Waals surface area (Å²) < 4.78 is 5.25. The second-order valence-corrected chi connectivity index (χ2v) is 4.02. The van der Waals surface area contributed by atoms with Crippen molar-refractivity contribution in [3.05, 3.63) is 53.8 Å². The van der Waals surface area contributed by atoms with E-state index >= 15 is 0 Å². The molecule has 0 fully saturated rings. The van der Waals surface area contributed by atoms with Crippen molar-refractivity contribution < 1.29 is 4.74 Å². The van der Waals surface area contributed by atoms with Crippen molar-refractivity contribution in [3.8, 4) is 0 Å². The van der Waals surface area contributed by atoms with E-state index in [1.165, 1.54) is 5.56 Å². The second kappa shape index (κ2) is 4.99. The van der Waals surface area contributed by atoms with Crippen molar-refractivity contribution in [1.82, 2.24) is 0 Å². The van der Waals surface area contributed by atoms with Gasteiger partial charge < -0.3 is 10.1 Å². The number of hydrogen-bond acceptors (Lipinski definition) is 2. The Morgan fingerprint density at radius 1 is 1.25 bits per heavy atom. The molecule has 1 unspecified atom stereocenters. The summed E-state index contributed by atoms with van der Waals surface area (Å²) in [5.74, 6) is 0. The van der Waals surface area contributed by atoms with E-state index < -0.39 is 0 Å². The minimum absolute atomic E-state index is 0.226. The van der Waals surface area contributed by atoms with Gasteiger partial charge in [-0.05, 0) is 31.6 Å². The van der Waals surface area contributed by atoms with Crippen LogP contribution in [0.2, 0.25) is 0 Å². The van der Waals surface area contributed by atoms with E-state index in [0.717, 1.165) is 17.8 Å². The highest BCUT2D eigenvalue weighted by Crippen LogP contribution is 2.16. The van der Waals surface area contributed by atoms with E-state index in [1.807, 2.05) is 0 Å². The van der Waals surface area contributed by atoms with Crippen LogP contribution in [0.3, 0.4) is 0 Å². The number of ether oxygens (including phenoxy) is 1. The molecule has 0 bridgehead atoms. The van der Waals surface area contributed by atoms with Crippen molar-refractivity contribution in [1.29, 1.82) is 0 Å². The zero-order valence-electron chi connectivity index (χ0n) is 9.73. The average molecular weight is 215 g/mol. The summed E-state index contributed by atoms with van der Waals surface area (Å²) >= 11 is 0. The molecule has 16 heavy (non-hydrogen) atoms. The molecule has 1 N–H and O–H groups in total. The van der Waals surface area contributed by atoms with Gasteiger partial charge >= 0.3 is 0 Å². The normalized spacial score (nSPS) is 19.4. The van der Waals surface area contributed by atoms with Crippen LogP contribution < -0.4 is 5.32 Å². The van der Waals surface area contributed by atoms with Gasteiger partial charge in [0.1, 0.15) is 0 Å². The summed E-state index contributed by atoms with van der Waals surface area (Å²) in [4.78, 5) is 0. The Morgan fingerprint density at radius 3 is 2.56 bits per heavy atom. The monoisotopic (exact) mass is 215 g/mol. The van der Waals surface area contributed by atoms with E-state index in [-0.39, 0.29) is 6.10 Å². The van der Waals surface area contributed by atoms with Crippen molar-refractivity contribution in [2.24, 2.45) is 0 Å². The summed E-state index contributed by atoms with van der Waals surface area (Å²) in [6.07, 6.45) is 7.46. The highest BCUT2D eigenvalue weighted by Gasteiger charge is 2.06. The summed E-state index contributed by atoms with van der Waals surface area (Å²) in [5, 5.41) is 3.37. The van der Waals surface area contributed by atoms with Crippen LogP contribution >= 0.6 is 0 Å².